The third-order valence-corrected chi connectivity index (χ3v) is 7.52. The molecule has 2 rings (SSSR count). The first kappa shape index (κ1) is 24.3. The minimum Gasteiger partial charge on any atom is -0.326 e. The van der Waals surface area contributed by atoms with Crippen LogP contribution in [0.1, 0.15) is 72.1 Å². The maximum atomic E-state index is 12.4. The van der Waals surface area contributed by atoms with E-state index in [9.17, 15) is 18.0 Å². The van der Waals surface area contributed by atoms with Gasteiger partial charge in [-0.15, -0.1) is 0 Å². The zero-order valence-electron chi connectivity index (χ0n) is 18.3. The van der Waals surface area contributed by atoms with Crippen LogP contribution in [0.15, 0.2) is 24.3 Å². The van der Waals surface area contributed by atoms with Crippen molar-refractivity contribution >= 4 is 33.2 Å². The SMILES string of the molecule is CC(C)(C)S(=O)(=O)NCCCCC(=O)Nc1cccc(NC(=O)C2CCCCC2)c1. The zero-order valence-corrected chi connectivity index (χ0v) is 19.1. The lowest BCUT2D eigenvalue weighted by Crippen LogP contribution is -2.39. The minimum absolute atomic E-state index is 0.0517. The van der Waals surface area contributed by atoms with E-state index >= 15 is 0 Å². The van der Waals surface area contributed by atoms with Crippen LogP contribution in [0.3, 0.4) is 0 Å². The normalized spacial score (nSPS) is 15.6. The Kier molecular flexibility index (Phi) is 8.85. The van der Waals surface area contributed by atoms with E-state index in [0.29, 0.717) is 37.2 Å². The summed E-state index contributed by atoms with van der Waals surface area (Å²) in [5, 5.41) is 5.79. The number of sulfonamides is 1. The van der Waals surface area contributed by atoms with Crippen molar-refractivity contribution in [3.8, 4) is 0 Å². The van der Waals surface area contributed by atoms with E-state index in [-0.39, 0.29) is 17.7 Å². The lowest BCUT2D eigenvalue weighted by atomic mass is 9.88. The lowest BCUT2D eigenvalue weighted by Gasteiger charge is -2.20. The van der Waals surface area contributed by atoms with Gasteiger partial charge in [-0.2, -0.15) is 0 Å². The summed E-state index contributed by atoms with van der Waals surface area (Å²) in [6, 6.07) is 7.16. The van der Waals surface area contributed by atoms with Crippen molar-refractivity contribution in [1.29, 1.82) is 0 Å². The van der Waals surface area contributed by atoms with E-state index in [1.807, 2.05) is 6.07 Å². The third-order valence-electron chi connectivity index (χ3n) is 5.32. The molecular weight excluding hydrogens is 402 g/mol. The Morgan fingerprint density at radius 2 is 1.63 bits per heavy atom. The molecule has 30 heavy (non-hydrogen) atoms. The van der Waals surface area contributed by atoms with Gasteiger partial charge in [-0.3, -0.25) is 9.59 Å². The molecule has 8 heteroatoms. The van der Waals surface area contributed by atoms with Crippen LogP contribution in [-0.4, -0.2) is 31.5 Å². The highest BCUT2D eigenvalue weighted by atomic mass is 32.2. The average Bonchev–Trinajstić information content (AvgIpc) is 2.67. The second-order valence-corrected chi connectivity index (χ2v) is 11.4. The third kappa shape index (κ3) is 7.72. The fraction of sp³-hybridized carbons (Fsp3) is 0.636. The predicted molar refractivity (Wildman–Crippen MR) is 121 cm³/mol. The molecule has 3 N–H and O–H groups in total. The second-order valence-electron chi connectivity index (χ2n) is 8.92. The van der Waals surface area contributed by atoms with Crippen LogP contribution in [0.2, 0.25) is 0 Å². The molecule has 0 spiro atoms. The molecule has 0 unspecified atom stereocenters. The largest absolute Gasteiger partial charge is 0.326 e. The van der Waals surface area contributed by atoms with E-state index in [2.05, 4.69) is 15.4 Å². The summed E-state index contributed by atoms with van der Waals surface area (Å²) in [4.78, 5) is 24.6. The van der Waals surface area contributed by atoms with Gasteiger partial charge in [-0.05, 0) is 64.7 Å². The summed E-state index contributed by atoms with van der Waals surface area (Å²) in [6.07, 6.45) is 6.75. The molecule has 2 amide bonds. The van der Waals surface area contributed by atoms with Crippen molar-refractivity contribution in [3.63, 3.8) is 0 Å². The van der Waals surface area contributed by atoms with Gasteiger partial charge in [0.25, 0.3) is 0 Å². The summed E-state index contributed by atoms with van der Waals surface area (Å²) in [7, 11) is -3.36. The number of nitrogens with one attached hydrogen (secondary N) is 3. The minimum atomic E-state index is -3.36. The van der Waals surface area contributed by atoms with Crippen LogP contribution in [0, 0.1) is 5.92 Å². The summed E-state index contributed by atoms with van der Waals surface area (Å²) < 4.78 is 25.7. The van der Waals surface area contributed by atoms with Gasteiger partial charge in [0.2, 0.25) is 21.8 Å². The van der Waals surface area contributed by atoms with Crippen molar-refractivity contribution in [3.05, 3.63) is 24.3 Å². The maximum Gasteiger partial charge on any atom is 0.227 e. The van der Waals surface area contributed by atoms with Gasteiger partial charge in [0.05, 0.1) is 4.75 Å². The van der Waals surface area contributed by atoms with E-state index in [4.69, 9.17) is 0 Å². The molecule has 0 heterocycles. The summed E-state index contributed by atoms with van der Waals surface area (Å²) in [5.41, 5.74) is 1.31. The van der Waals surface area contributed by atoms with Crippen molar-refractivity contribution in [2.24, 2.45) is 5.92 Å². The molecular formula is C22H35N3O4S. The van der Waals surface area contributed by atoms with Crippen LogP contribution in [0.5, 0.6) is 0 Å². The number of hydrogen-bond donors (Lipinski definition) is 3. The first-order chi connectivity index (χ1) is 14.1. The van der Waals surface area contributed by atoms with Crippen molar-refractivity contribution < 1.29 is 18.0 Å². The highest BCUT2D eigenvalue weighted by Crippen LogP contribution is 2.25. The Morgan fingerprint density at radius 3 is 2.27 bits per heavy atom. The number of hydrogen-bond acceptors (Lipinski definition) is 4. The predicted octanol–water partition coefficient (Wildman–Crippen LogP) is 4.03. The fourth-order valence-corrected chi connectivity index (χ4v) is 4.19. The van der Waals surface area contributed by atoms with Crippen LogP contribution < -0.4 is 15.4 Å². The van der Waals surface area contributed by atoms with Gasteiger partial charge in [0, 0.05) is 30.3 Å². The molecule has 1 aliphatic carbocycles. The van der Waals surface area contributed by atoms with Gasteiger partial charge in [-0.25, -0.2) is 13.1 Å². The molecule has 7 nitrogen and oxygen atoms in total. The lowest BCUT2D eigenvalue weighted by molar-refractivity contribution is -0.120. The first-order valence-electron chi connectivity index (χ1n) is 10.8. The van der Waals surface area contributed by atoms with E-state index in [0.717, 1.165) is 25.7 Å². The maximum absolute atomic E-state index is 12.4. The zero-order chi connectivity index (χ0) is 22.2. The van der Waals surface area contributed by atoms with Crippen LogP contribution in [-0.2, 0) is 19.6 Å². The van der Waals surface area contributed by atoms with Gasteiger partial charge in [-0.1, -0.05) is 25.3 Å². The monoisotopic (exact) mass is 437 g/mol. The molecule has 1 aromatic rings. The summed E-state index contributed by atoms with van der Waals surface area (Å²) in [5.74, 6) is -0.00646. The van der Waals surface area contributed by atoms with E-state index in [1.165, 1.54) is 6.42 Å². The number of amides is 2. The van der Waals surface area contributed by atoms with Gasteiger partial charge >= 0.3 is 0 Å². The van der Waals surface area contributed by atoms with Gasteiger partial charge < -0.3 is 10.6 Å². The molecule has 1 aliphatic rings. The molecule has 0 atom stereocenters. The summed E-state index contributed by atoms with van der Waals surface area (Å²) >= 11 is 0. The Hall–Kier alpha value is -1.93. The van der Waals surface area contributed by atoms with Crippen molar-refractivity contribution in [1.82, 2.24) is 4.72 Å². The highest BCUT2D eigenvalue weighted by molar-refractivity contribution is 7.90. The van der Waals surface area contributed by atoms with Crippen LogP contribution in [0.25, 0.3) is 0 Å². The summed E-state index contributed by atoms with van der Waals surface area (Å²) in [6.45, 7) is 5.26. The second kappa shape index (κ2) is 10.9. The van der Waals surface area contributed by atoms with Crippen LogP contribution in [0.4, 0.5) is 11.4 Å². The number of unbranched alkanes of at least 4 members (excludes halogenated alkanes) is 1. The Balaban J connectivity index is 1.73. The smallest absolute Gasteiger partial charge is 0.227 e. The molecule has 168 valence electrons. The highest BCUT2D eigenvalue weighted by Gasteiger charge is 2.28. The Bertz CT molecular complexity index is 825. The molecule has 0 aromatic heterocycles. The quantitative estimate of drug-likeness (QED) is 0.507. The van der Waals surface area contributed by atoms with Crippen molar-refractivity contribution in [2.75, 3.05) is 17.2 Å². The van der Waals surface area contributed by atoms with Crippen molar-refractivity contribution in [2.45, 2.75) is 76.9 Å². The van der Waals surface area contributed by atoms with Crippen LogP contribution >= 0.6 is 0 Å². The molecule has 0 radical (unpaired) electrons. The molecule has 0 saturated heterocycles. The molecule has 0 aliphatic heterocycles. The Labute approximate surface area is 180 Å². The van der Waals surface area contributed by atoms with E-state index < -0.39 is 14.8 Å². The molecule has 1 fully saturated rings. The number of benzene rings is 1. The first-order valence-corrected chi connectivity index (χ1v) is 12.3. The average molecular weight is 438 g/mol. The molecule has 1 saturated carbocycles. The Morgan fingerprint density at radius 1 is 1.00 bits per heavy atom. The topological polar surface area (TPSA) is 104 Å². The van der Waals surface area contributed by atoms with E-state index in [1.54, 1.807) is 39.0 Å². The number of carbonyl (C=O) groups is 2. The fourth-order valence-electron chi connectivity index (χ4n) is 3.34. The number of anilines is 2. The molecule has 0 bridgehead atoms. The van der Waals surface area contributed by atoms with Gasteiger partial charge in [0.15, 0.2) is 0 Å². The standard InChI is InChI=1S/C22H35N3O4S/c1-22(2,3)30(28,29)23-15-8-7-14-20(26)24-18-12-9-13-19(16-18)25-21(27)17-10-5-4-6-11-17/h9,12-13,16-17,23H,4-8,10-11,14-15H2,1-3H3,(H,24,26)(H,25,27). The number of rotatable bonds is 9. The molecule has 1 aromatic carbocycles. The number of carbonyl (C=O) groups excluding carboxylic acids is 2. The van der Waals surface area contributed by atoms with Gasteiger partial charge in [0.1, 0.15) is 0 Å².